The Morgan fingerprint density at radius 3 is 2.21 bits per heavy atom. The molecular weight excluding hydrogens is 490 g/mol. The van der Waals surface area contributed by atoms with Gasteiger partial charge < -0.3 is 25.3 Å². The van der Waals surface area contributed by atoms with Crippen LogP contribution in [0.3, 0.4) is 0 Å². The molecule has 3 aromatic rings. The van der Waals surface area contributed by atoms with Gasteiger partial charge in [0.15, 0.2) is 17.3 Å². The van der Waals surface area contributed by atoms with Crippen LogP contribution in [0.2, 0.25) is 0 Å². The molecule has 8 nitrogen and oxygen atoms in total. The van der Waals surface area contributed by atoms with Crippen LogP contribution in [0.5, 0.6) is 17.2 Å². The Hall–Kier alpha value is -3.75. The molecule has 0 aromatic heterocycles. The molecule has 0 radical (unpaired) electrons. The molecule has 4 N–H and O–H groups in total. The first-order valence-electron chi connectivity index (χ1n) is 13.4. The van der Waals surface area contributed by atoms with Crippen LogP contribution in [0.1, 0.15) is 36.0 Å². The number of amidine groups is 1. The lowest BCUT2D eigenvalue weighted by Crippen LogP contribution is -2.57. The van der Waals surface area contributed by atoms with Crippen molar-refractivity contribution in [2.75, 3.05) is 46.8 Å². The Kier molecular flexibility index (Phi) is 7.68. The van der Waals surface area contributed by atoms with E-state index in [-0.39, 0.29) is 5.41 Å². The first-order valence-corrected chi connectivity index (χ1v) is 13.4. The standard InChI is InChI=1S/C31H39N5O3/c1-33-31(34-25-19-28(39-4)27(38-3)18-23(25)29(32)35-31)21-30(24-12-8-9-13-26(24)37-2)14-16-36(17-15-30)20-22-10-6-5-7-11-22/h5-13,18-19,33-34H,14-17,20-21H2,1-4H3,(H2,32,35). The van der Waals surface area contributed by atoms with E-state index in [9.17, 15) is 0 Å². The van der Waals surface area contributed by atoms with Crippen molar-refractivity contribution in [1.82, 2.24) is 10.2 Å². The number of benzene rings is 3. The largest absolute Gasteiger partial charge is 0.496 e. The molecule has 1 atom stereocenters. The Bertz CT molecular complexity index is 1320. The van der Waals surface area contributed by atoms with E-state index in [4.69, 9.17) is 24.9 Å². The molecule has 1 unspecified atom stereocenters. The van der Waals surface area contributed by atoms with Gasteiger partial charge in [-0.3, -0.25) is 10.2 Å². The highest BCUT2D eigenvalue weighted by Crippen LogP contribution is 2.47. The number of nitrogens with zero attached hydrogens (tertiary/aromatic N) is 2. The summed E-state index contributed by atoms with van der Waals surface area (Å²) in [7, 11) is 6.93. The van der Waals surface area contributed by atoms with Gasteiger partial charge in [-0.2, -0.15) is 0 Å². The predicted molar refractivity (Wildman–Crippen MR) is 156 cm³/mol. The van der Waals surface area contributed by atoms with Crippen LogP contribution in [-0.2, 0) is 12.0 Å². The lowest BCUT2D eigenvalue weighted by Gasteiger charge is -2.48. The van der Waals surface area contributed by atoms with Crippen molar-refractivity contribution in [1.29, 1.82) is 0 Å². The minimum atomic E-state index is -0.820. The maximum Gasteiger partial charge on any atom is 0.187 e. The maximum absolute atomic E-state index is 6.60. The van der Waals surface area contributed by atoms with Crippen LogP contribution in [0.15, 0.2) is 71.7 Å². The first-order chi connectivity index (χ1) is 18.9. The van der Waals surface area contributed by atoms with Gasteiger partial charge in [-0.1, -0.05) is 48.5 Å². The minimum Gasteiger partial charge on any atom is -0.496 e. The zero-order chi connectivity index (χ0) is 27.5. The second-order valence-corrected chi connectivity index (χ2v) is 10.4. The van der Waals surface area contributed by atoms with Gasteiger partial charge in [-0.15, -0.1) is 0 Å². The molecule has 206 valence electrons. The van der Waals surface area contributed by atoms with Crippen LogP contribution in [0.25, 0.3) is 0 Å². The molecule has 39 heavy (non-hydrogen) atoms. The van der Waals surface area contributed by atoms with Gasteiger partial charge in [0.1, 0.15) is 11.6 Å². The van der Waals surface area contributed by atoms with E-state index in [0.29, 0.717) is 23.8 Å². The molecule has 2 heterocycles. The number of nitrogens with two attached hydrogens (primary N) is 1. The summed E-state index contributed by atoms with van der Waals surface area (Å²) < 4.78 is 17.0. The average molecular weight is 530 g/mol. The highest BCUT2D eigenvalue weighted by molar-refractivity contribution is 6.05. The van der Waals surface area contributed by atoms with Gasteiger partial charge in [-0.05, 0) is 50.7 Å². The van der Waals surface area contributed by atoms with E-state index in [0.717, 1.165) is 49.5 Å². The first kappa shape index (κ1) is 26.8. The smallest absolute Gasteiger partial charge is 0.187 e. The molecule has 3 aromatic carbocycles. The molecule has 0 saturated carbocycles. The third-order valence-corrected chi connectivity index (χ3v) is 8.20. The molecule has 0 amide bonds. The molecule has 1 saturated heterocycles. The van der Waals surface area contributed by atoms with Gasteiger partial charge >= 0.3 is 0 Å². The molecule has 0 bridgehead atoms. The number of aliphatic imine (C=N–C) groups is 1. The van der Waals surface area contributed by atoms with E-state index in [2.05, 4.69) is 64.1 Å². The summed E-state index contributed by atoms with van der Waals surface area (Å²) in [6.07, 6.45) is 2.60. The lowest BCUT2D eigenvalue weighted by atomic mass is 9.68. The van der Waals surface area contributed by atoms with Crippen LogP contribution in [0, 0.1) is 0 Å². The number of fused-ring (bicyclic) bond motifs is 1. The Labute approximate surface area is 231 Å². The van der Waals surface area contributed by atoms with Crippen molar-refractivity contribution in [3.63, 3.8) is 0 Å². The van der Waals surface area contributed by atoms with Gasteiger partial charge in [0.25, 0.3) is 0 Å². The summed E-state index contributed by atoms with van der Waals surface area (Å²) in [4.78, 5) is 7.57. The number of rotatable bonds is 9. The normalized spacial score (nSPS) is 20.4. The molecule has 8 heteroatoms. The van der Waals surface area contributed by atoms with E-state index in [1.54, 1.807) is 21.3 Å². The van der Waals surface area contributed by atoms with Crippen molar-refractivity contribution in [2.24, 2.45) is 10.7 Å². The fraction of sp³-hybridized carbons (Fsp3) is 0.387. The summed E-state index contributed by atoms with van der Waals surface area (Å²) >= 11 is 0. The molecule has 1 fully saturated rings. The summed E-state index contributed by atoms with van der Waals surface area (Å²) in [6.45, 7) is 2.87. The lowest BCUT2D eigenvalue weighted by molar-refractivity contribution is 0.122. The second kappa shape index (κ2) is 11.2. The molecule has 5 rings (SSSR count). The van der Waals surface area contributed by atoms with Crippen molar-refractivity contribution in [3.8, 4) is 17.2 Å². The Morgan fingerprint density at radius 2 is 1.54 bits per heavy atom. The predicted octanol–water partition coefficient (Wildman–Crippen LogP) is 4.34. The topological polar surface area (TPSA) is 93.4 Å². The third kappa shape index (κ3) is 5.27. The van der Waals surface area contributed by atoms with Gasteiger partial charge in [-0.25, -0.2) is 4.99 Å². The van der Waals surface area contributed by atoms with Gasteiger partial charge in [0.05, 0.1) is 27.0 Å². The van der Waals surface area contributed by atoms with Gasteiger partial charge in [0.2, 0.25) is 0 Å². The van der Waals surface area contributed by atoms with Crippen LogP contribution >= 0.6 is 0 Å². The maximum atomic E-state index is 6.60. The molecule has 2 aliphatic rings. The van der Waals surface area contributed by atoms with Crippen molar-refractivity contribution in [2.45, 2.75) is 37.0 Å². The van der Waals surface area contributed by atoms with Crippen molar-refractivity contribution in [3.05, 3.63) is 83.4 Å². The highest BCUT2D eigenvalue weighted by atomic mass is 16.5. The zero-order valence-corrected chi connectivity index (χ0v) is 23.3. The van der Waals surface area contributed by atoms with Crippen molar-refractivity contribution < 1.29 is 14.2 Å². The Morgan fingerprint density at radius 1 is 0.897 bits per heavy atom. The molecular formula is C31H39N5O3. The summed E-state index contributed by atoms with van der Waals surface area (Å²) in [6, 6.07) is 22.9. The molecule has 0 spiro atoms. The number of hydrogen-bond acceptors (Lipinski definition) is 8. The van der Waals surface area contributed by atoms with E-state index >= 15 is 0 Å². The van der Waals surface area contributed by atoms with Crippen LogP contribution in [0.4, 0.5) is 5.69 Å². The minimum absolute atomic E-state index is 0.201. The van der Waals surface area contributed by atoms with E-state index in [1.807, 2.05) is 25.2 Å². The quantitative estimate of drug-likeness (QED) is 0.380. The number of para-hydroxylation sites is 1. The van der Waals surface area contributed by atoms with E-state index < -0.39 is 5.79 Å². The van der Waals surface area contributed by atoms with E-state index in [1.165, 1.54) is 11.1 Å². The fourth-order valence-electron chi connectivity index (χ4n) is 6.10. The van der Waals surface area contributed by atoms with Crippen LogP contribution in [-0.4, -0.2) is 58.0 Å². The second-order valence-electron chi connectivity index (χ2n) is 10.4. The number of anilines is 1. The number of likely N-dealkylation sites (tertiary alicyclic amines) is 1. The summed E-state index contributed by atoms with van der Waals surface area (Å²) in [5.74, 6) is 1.79. The molecule has 2 aliphatic heterocycles. The number of nitrogens with one attached hydrogen (secondary N) is 2. The fourth-order valence-corrected chi connectivity index (χ4v) is 6.10. The average Bonchev–Trinajstić information content (AvgIpc) is 2.98. The molecule has 0 aliphatic carbocycles. The number of ether oxygens (including phenoxy) is 3. The number of methoxy groups -OCH3 is 3. The summed E-state index contributed by atoms with van der Waals surface area (Å²) in [5.41, 5.74) is 10.6. The number of piperidine rings is 1. The zero-order valence-electron chi connectivity index (χ0n) is 23.3. The monoisotopic (exact) mass is 529 g/mol. The highest BCUT2D eigenvalue weighted by Gasteiger charge is 2.46. The van der Waals surface area contributed by atoms with Crippen molar-refractivity contribution >= 4 is 11.5 Å². The Balaban J connectivity index is 1.50. The summed E-state index contributed by atoms with van der Waals surface area (Å²) in [5, 5.41) is 7.16. The third-order valence-electron chi connectivity index (χ3n) is 8.20. The van der Waals surface area contributed by atoms with Gasteiger partial charge in [0, 0.05) is 35.6 Å². The number of hydrogen-bond donors (Lipinski definition) is 3. The SMILES string of the molecule is CNC1(CC2(c3ccccc3OC)CCN(Cc3ccccc3)CC2)N=C(N)c2cc(OC)c(OC)cc2N1. The van der Waals surface area contributed by atoms with Crippen LogP contribution < -0.4 is 30.6 Å².